The molecule has 0 aliphatic carbocycles. The van der Waals surface area contributed by atoms with Gasteiger partial charge in [0.15, 0.2) is 5.82 Å². The average molecular weight is 301 g/mol. The number of nitrogens with zero attached hydrogens (tertiary/aromatic N) is 4. The van der Waals surface area contributed by atoms with E-state index < -0.39 is 0 Å². The molecule has 0 unspecified atom stereocenters. The first-order chi connectivity index (χ1) is 6.66. The molecule has 0 amide bonds. The predicted octanol–water partition coefficient (Wildman–Crippen LogP) is 1.16. The van der Waals surface area contributed by atoms with E-state index in [9.17, 15) is 0 Å². The number of aromatic nitrogens is 4. The van der Waals surface area contributed by atoms with Crippen LogP contribution in [0.15, 0.2) is 18.5 Å². The smallest absolute Gasteiger partial charge is 0.160 e. The van der Waals surface area contributed by atoms with Crippen molar-refractivity contribution in [3.05, 3.63) is 27.9 Å². The lowest BCUT2D eigenvalue weighted by atomic mass is 10.5. The highest BCUT2D eigenvalue weighted by Crippen LogP contribution is 2.12. The van der Waals surface area contributed by atoms with Gasteiger partial charge in [0.2, 0.25) is 0 Å². The van der Waals surface area contributed by atoms with Crippen LogP contribution in [0, 0.1) is 10.6 Å². The van der Waals surface area contributed by atoms with E-state index in [1.165, 1.54) is 6.33 Å². The van der Waals surface area contributed by atoms with Gasteiger partial charge in [-0.25, -0.2) is 9.97 Å². The molecular weight excluding hydrogens is 293 g/mol. The van der Waals surface area contributed by atoms with E-state index in [-0.39, 0.29) is 0 Å². The third-order valence-electron chi connectivity index (χ3n) is 1.70. The van der Waals surface area contributed by atoms with E-state index in [2.05, 4.69) is 37.7 Å². The second kappa shape index (κ2) is 3.52. The first-order valence-corrected chi connectivity index (χ1v) is 5.05. The molecule has 0 fully saturated rings. The molecule has 0 aliphatic heterocycles. The Morgan fingerprint density at radius 1 is 1.36 bits per heavy atom. The first kappa shape index (κ1) is 9.38. The number of nitrogens with two attached hydrogens (primary N) is 1. The molecule has 2 rings (SSSR count). The lowest BCUT2D eigenvalue weighted by Crippen LogP contribution is -2.04. The third kappa shape index (κ3) is 1.69. The van der Waals surface area contributed by atoms with E-state index in [1.807, 2.05) is 13.0 Å². The van der Waals surface area contributed by atoms with Gasteiger partial charge in [0.05, 0.1) is 5.69 Å². The highest BCUT2D eigenvalue weighted by atomic mass is 127. The lowest BCUT2D eigenvalue weighted by molar-refractivity contribution is 0.832. The minimum atomic E-state index is 0.581. The Kier molecular flexibility index (Phi) is 2.36. The van der Waals surface area contributed by atoms with Crippen molar-refractivity contribution in [1.29, 1.82) is 0 Å². The minimum absolute atomic E-state index is 0.581. The highest BCUT2D eigenvalue weighted by Gasteiger charge is 2.05. The molecule has 0 saturated carbocycles. The first-order valence-electron chi connectivity index (χ1n) is 3.97. The molecule has 0 radical (unpaired) electrons. The number of hydrogen-bond donors (Lipinski definition) is 1. The Morgan fingerprint density at radius 3 is 2.71 bits per heavy atom. The minimum Gasteiger partial charge on any atom is -0.384 e. The van der Waals surface area contributed by atoms with Crippen LogP contribution in [0.1, 0.15) is 5.69 Å². The van der Waals surface area contributed by atoms with Crippen LogP contribution in [0.3, 0.4) is 0 Å². The molecule has 2 aromatic rings. The van der Waals surface area contributed by atoms with E-state index in [0.717, 1.165) is 9.39 Å². The van der Waals surface area contributed by atoms with Crippen LogP contribution in [-0.4, -0.2) is 19.7 Å². The van der Waals surface area contributed by atoms with Gasteiger partial charge in [-0.15, -0.1) is 0 Å². The standard InChI is InChI=1S/C8H8IN5/c1-5-2-7(10)14(13-5)8-3-6(9)11-4-12-8/h2-4H,10H2,1H3. The fourth-order valence-corrected chi connectivity index (χ4v) is 1.55. The fraction of sp³-hybridized carbons (Fsp3) is 0.125. The number of rotatable bonds is 1. The maximum absolute atomic E-state index is 5.76. The van der Waals surface area contributed by atoms with Crippen LogP contribution in [-0.2, 0) is 0 Å². The zero-order chi connectivity index (χ0) is 10.1. The van der Waals surface area contributed by atoms with Crippen molar-refractivity contribution in [3.8, 4) is 5.82 Å². The molecule has 0 saturated heterocycles. The van der Waals surface area contributed by atoms with Crippen LogP contribution in [0.2, 0.25) is 0 Å². The SMILES string of the molecule is Cc1cc(N)n(-c2cc(I)ncn2)n1. The van der Waals surface area contributed by atoms with Gasteiger partial charge in [0.25, 0.3) is 0 Å². The monoisotopic (exact) mass is 301 g/mol. The molecule has 0 aliphatic rings. The van der Waals surface area contributed by atoms with Crippen molar-refractivity contribution >= 4 is 28.4 Å². The summed E-state index contributed by atoms with van der Waals surface area (Å²) in [4.78, 5) is 8.08. The van der Waals surface area contributed by atoms with Gasteiger partial charge in [-0.2, -0.15) is 9.78 Å². The Labute approximate surface area is 94.5 Å². The average Bonchev–Trinajstić information content (AvgIpc) is 2.45. The van der Waals surface area contributed by atoms with Gasteiger partial charge < -0.3 is 5.73 Å². The molecule has 0 spiro atoms. The molecular formula is C8H8IN5. The molecule has 2 heterocycles. The van der Waals surface area contributed by atoms with Crippen LogP contribution in [0.4, 0.5) is 5.82 Å². The number of aryl methyl sites for hydroxylation is 1. The van der Waals surface area contributed by atoms with Gasteiger partial charge in [0.1, 0.15) is 15.8 Å². The molecule has 6 heteroatoms. The summed E-state index contributed by atoms with van der Waals surface area (Å²) in [7, 11) is 0. The third-order valence-corrected chi connectivity index (χ3v) is 2.29. The van der Waals surface area contributed by atoms with Crippen LogP contribution >= 0.6 is 22.6 Å². The Bertz CT molecular complexity index is 465. The van der Waals surface area contributed by atoms with Crippen LogP contribution in [0.5, 0.6) is 0 Å². The van der Waals surface area contributed by atoms with E-state index in [4.69, 9.17) is 5.73 Å². The zero-order valence-corrected chi connectivity index (χ0v) is 9.63. The van der Waals surface area contributed by atoms with Crippen LogP contribution in [0.25, 0.3) is 5.82 Å². The number of hydrogen-bond acceptors (Lipinski definition) is 4. The summed E-state index contributed by atoms with van der Waals surface area (Å²) in [6, 6.07) is 3.62. The predicted molar refractivity (Wildman–Crippen MR) is 61.0 cm³/mol. The summed E-state index contributed by atoms with van der Waals surface area (Å²) in [5, 5.41) is 4.22. The topological polar surface area (TPSA) is 69.6 Å². The molecule has 2 aromatic heterocycles. The largest absolute Gasteiger partial charge is 0.384 e. The number of halogens is 1. The second-order valence-corrected chi connectivity index (χ2v) is 3.93. The van der Waals surface area contributed by atoms with Crippen LogP contribution < -0.4 is 5.73 Å². The zero-order valence-electron chi connectivity index (χ0n) is 7.48. The van der Waals surface area contributed by atoms with E-state index in [0.29, 0.717) is 11.6 Å². The maximum atomic E-state index is 5.76. The van der Waals surface area contributed by atoms with Crippen molar-refractivity contribution in [1.82, 2.24) is 19.7 Å². The molecule has 72 valence electrons. The fourth-order valence-electron chi connectivity index (χ4n) is 1.14. The van der Waals surface area contributed by atoms with Gasteiger partial charge in [-0.1, -0.05) is 0 Å². The summed E-state index contributed by atoms with van der Waals surface area (Å²) in [6.45, 7) is 1.89. The summed E-state index contributed by atoms with van der Waals surface area (Å²) in [5.41, 5.74) is 6.63. The summed E-state index contributed by atoms with van der Waals surface area (Å²) in [6.07, 6.45) is 1.49. The second-order valence-electron chi connectivity index (χ2n) is 2.82. The Morgan fingerprint density at radius 2 is 2.14 bits per heavy atom. The summed E-state index contributed by atoms with van der Waals surface area (Å²) in [5.74, 6) is 1.27. The van der Waals surface area contributed by atoms with Crippen molar-refractivity contribution in [2.75, 3.05) is 5.73 Å². The highest BCUT2D eigenvalue weighted by molar-refractivity contribution is 14.1. The maximum Gasteiger partial charge on any atom is 0.160 e. The molecule has 0 atom stereocenters. The summed E-state index contributed by atoms with van der Waals surface area (Å²) < 4.78 is 2.46. The molecule has 0 bridgehead atoms. The number of anilines is 1. The van der Waals surface area contributed by atoms with Gasteiger partial charge in [-0.05, 0) is 29.5 Å². The molecule has 2 N–H and O–H groups in total. The van der Waals surface area contributed by atoms with E-state index in [1.54, 1.807) is 10.7 Å². The Hall–Kier alpha value is -1.18. The van der Waals surface area contributed by atoms with Crippen molar-refractivity contribution in [3.63, 3.8) is 0 Å². The quantitative estimate of drug-likeness (QED) is 0.634. The normalized spacial score (nSPS) is 10.4. The van der Waals surface area contributed by atoms with Crippen molar-refractivity contribution in [2.24, 2.45) is 0 Å². The number of nitrogen functional groups attached to an aromatic ring is 1. The molecule has 5 nitrogen and oxygen atoms in total. The van der Waals surface area contributed by atoms with E-state index >= 15 is 0 Å². The Balaban J connectivity index is 2.54. The van der Waals surface area contributed by atoms with Gasteiger partial charge >= 0.3 is 0 Å². The molecule has 0 aromatic carbocycles. The van der Waals surface area contributed by atoms with Crippen molar-refractivity contribution in [2.45, 2.75) is 6.92 Å². The summed E-state index contributed by atoms with van der Waals surface area (Å²) >= 11 is 2.12. The van der Waals surface area contributed by atoms with Gasteiger partial charge in [-0.3, -0.25) is 0 Å². The van der Waals surface area contributed by atoms with Gasteiger partial charge in [0, 0.05) is 12.1 Å². The van der Waals surface area contributed by atoms with Crippen molar-refractivity contribution < 1.29 is 0 Å². The lowest BCUT2D eigenvalue weighted by Gasteiger charge is -2.01. The molecule has 14 heavy (non-hydrogen) atoms.